The van der Waals surface area contributed by atoms with Crippen molar-refractivity contribution in [3.63, 3.8) is 0 Å². The summed E-state index contributed by atoms with van der Waals surface area (Å²) < 4.78 is 0. The van der Waals surface area contributed by atoms with E-state index in [1.807, 2.05) is 0 Å². The van der Waals surface area contributed by atoms with E-state index in [1.165, 1.54) is 18.6 Å². The lowest BCUT2D eigenvalue weighted by Gasteiger charge is -1.73. The van der Waals surface area contributed by atoms with Crippen LogP contribution in [0.3, 0.4) is 0 Å². The summed E-state index contributed by atoms with van der Waals surface area (Å²) in [4.78, 5) is 34.3. The fourth-order valence-corrected chi connectivity index (χ4v) is 0.303. The number of aliphatic carboxylic acids is 2. The van der Waals surface area contributed by atoms with Gasteiger partial charge >= 0.3 is 11.9 Å². The van der Waals surface area contributed by atoms with Crippen LogP contribution >= 0.6 is 0 Å². The van der Waals surface area contributed by atoms with Crippen molar-refractivity contribution in [2.45, 2.75) is 0 Å². The van der Waals surface area contributed by atoms with Gasteiger partial charge in [-0.05, 0) is 0 Å². The third-order valence-electron chi connectivity index (χ3n) is 0.776. The second kappa shape index (κ2) is 5.47. The van der Waals surface area contributed by atoms with Crippen LogP contribution in [0.2, 0.25) is 0 Å². The lowest BCUT2D eigenvalue weighted by molar-refractivity contribution is -0.159. The molecule has 70 valence electrons. The molecule has 7 heteroatoms. The fourth-order valence-electron chi connectivity index (χ4n) is 0.303. The SMILES string of the molecule is O=C(O)C(=O)O.O=c1ccnc[nH]1. The molecule has 0 radical (unpaired) electrons. The first-order valence-electron chi connectivity index (χ1n) is 2.99. The lowest BCUT2D eigenvalue weighted by Crippen LogP contribution is -2.09. The molecule has 1 aromatic heterocycles. The van der Waals surface area contributed by atoms with Gasteiger partial charge in [0.05, 0.1) is 6.33 Å². The number of aromatic amines is 1. The van der Waals surface area contributed by atoms with Crippen LogP contribution in [0.5, 0.6) is 0 Å². The average molecular weight is 186 g/mol. The number of carboxylic acids is 2. The van der Waals surface area contributed by atoms with Crippen LogP contribution in [0.1, 0.15) is 0 Å². The predicted molar refractivity (Wildman–Crippen MR) is 40.1 cm³/mol. The van der Waals surface area contributed by atoms with E-state index in [-0.39, 0.29) is 5.56 Å². The summed E-state index contributed by atoms with van der Waals surface area (Å²) in [6.45, 7) is 0. The summed E-state index contributed by atoms with van der Waals surface area (Å²) >= 11 is 0. The highest BCUT2D eigenvalue weighted by Crippen LogP contribution is 1.57. The van der Waals surface area contributed by atoms with E-state index in [0.717, 1.165) is 0 Å². The molecule has 1 aromatic rings. The van der Waals surface area contributed by atoms with Crippen molar-refractivity contribution in [1.82, 2.24) is 9.97 Å². The highest BCUT2D eigenvalue weighted by molar-refractivity contribution is 6.27. The molecule has 0 aromatic carbocycles. The number of H-pyrrole nitrogens is 1. The molecule has 7 nitrogen and oxygen atoms in total. The summed E-state index contributed by atoms with van der Waals surface area (Å²) in [6.07, 6.45) is 2.79. The number of hydrogen-bond acceptors (Lipinski definition) is 4. The van der Waals surface area contributed by atoms with Gasteiger partial charge in [0.2, 0.25) is 0 Å². The van der Waals surface area contributed by atoms with Gasteiger partial charge in [0.1, 0.15) is 0 Å². The minimum Gasteiger partial charge on any atom is -0.473 e. The maximum atomic E-state index is 10.2. The van der Waals surface area contributed by atoms with E-state index in [9.17, 15) is 4.79 Å². The highest BCUT2D eigenvalue weighted by atomic mass is 16.4. The Morgan fingerprint density at radius 2 is 1.85 bits per heavy atom. The van der Waals surface area contributed by atoms with Crippen molar-refractivity contribution < 1.29 is 19.8 Å². The Balaban J connectivity index is 0.000000226. The van der Waals surface area contributed by atoms with Gasteiger partial charge in [-0.25, -0.2) is 14.6 Å². The lowest BCUT2D eigenvalue weighted by atomic mass is 10.7. The molecule has 0 aliphatic carbocycles. The van der Waals surface area contributed by atoms with Crippen molar-refractivity contribution in [3.8, 4) is 0 Å². The second-order valence-corrected chi connectivity index (χ2v) is 1.71. The smallest absolute Gasteiger partial charge is 0.414 e. The average Bonchev–Trinajstić information content (AvgIpc) is 2.06. The summed E-state index contributed by atoms with van der Waals surface area (Å²) in [5.74, 6) is -3.65. The maximum Gasteiger partial charge on any atom is 0.414 e. The van der Waals surface area contributed by atoms with Gasteiger partial charge < -0.3 is 15.2 Å². The van der Waals surface area contributed by atoms with Crippen LogP contribution in [0.4, 0.5) is 0 Å². The van der Waals surface area contributed by atoms with Gasteiger partial charge in [-0.15, -0.1) is 0 Å². The van der Waals surface area contributed by atoms with E-state index < -0.39 is 11.9 Å². The number of hydrogen-bond donors (Lipinski definition) is 3. The number of rotatable bonds is 0. The molecule has 0 saturated carbocycles. The zero-order valence-corrected chi connectivity index (χ0v) is 6.30. The van der Waals surface area contributed by atoms with Crippen LogP contribution < -0.4 is 5.56 Å². The van der Waals surface area contributed by atoms with Crippen LogP contribution in [0.15, 0.2) is 23.4 Å². The van der Waals surface area contributed by atoms with Crippen molar-refractivity contribution in [2.75, 3.05) is 0 Å². The van der Waals surface area contributed by atoms with Crippen LogP contribution in [-0.2, 0) is 9.59 Å². The van der Waals surface area contributed by atoms with E-state index in [4.69, 9.17) is 19.8 Å². The molecule has 13 heavy (non-hydrogen) atoms. The standard InChI is InChI=1S/C4H4N2O.C2H2O4/c7-4-1-2-5-3-6-4;3-1(4)2(5)6/h1-3H,(H,5,6,7);(H,3,4)(H,5,6). The van der Waals surface area contributed by atoms with Gasteiger partial charge in [-0.3, -0.25) is 4.79 Å². The third kappa shape index (κ3) is 6.23. The number of aromatic nitrogens is 2. The first-order valence-corrected chi connectivity index (χ1v) is 2.99. The Morgan fingerprint density at radius 3 is 2.00 bits per heavy atom. The molecule has 0 bridgehead atoms. The molecule has 0 aliphatic rings. The van der Waals surface area contributed by atoms with Gasteiger partial charge in [-0.1, -0.05) is 0 Å². The monoisotopic (exact) mass is 186 g/mol. The topological polar surface area (TPSA) is 120 Å². The van der Waals surface area contributed by atoms with Crippen molar-refractivity contribution in [3.05, 3.63) is 28.9 Å². The summed E-state index contributed by atoms with van der Waals surface area (Å²) in [7, 11) is 0. The van der Waals surface area contributed by atoms with Crippen molar-refractivity contribution >= 4 is 11.9 Å². The first kappa shape index (κ1) is 10.8. The van der Waals surface area contributed by atoms with Crippen LogP contribution in [0, 0.1) is 0 Å². The number of nitrogens with one attached hydrogen (secondary N) is 1. The Labute approximate surface area is 71.7 Å². The number of nitrogens with zero attached hydrogens (tertiary/aromatic N) is 1. The zero-order valence-electron chi connectivity index (χ0n) is 6.30. The third-order valence-corrected chi connectivity index (χ3v) is 0.776. The molecule has 1 heterocycles. The van der Waals surface area contributed by atoms with E-state index in [0.29, 0.717) is 0 Å². The minimum atomic E-state index is -1.82. The number of carboxylic acid groups (broad SMARTS) is 2. The number of carbonyl (C=O) groups is 2. The molecule has 0 fully saturated rings. The molecule has 0 amide bonds. The molecular formula is C6H6N2O5. The molecule has 0 saturated heterocycles. The molecule has 0 unspecified atom stereocenters. The Hall–Kier alpha value is -2.18. The normalized spacial score (nSPS) is 8.00. The van der Waals surface area contributed by atoms with Crippen molar-refractivity contribution in [2.24, 2.45) is 0 Å². The van der Waals surface area contributed by atoms with E-state index >= 15 is 0 Å². The molecule has 1 rings (SSSR count). The highest BCUT2D eigenvalue weighted by Gasteiger charge is 2.04. The first-order chi connectivity index (χ1) is 6.04. The zero-order chi connectivity index (χ0) is 10.3. The molecule has 0 aliphatic heterocycles. The largest absolute Gasteiger partial charge is 0.473 e. The van der Waals surface area contributed by atoms with Gasteiger partial charge in [0.25, 0.3) is 5.56 Å². The van der Waals surface area contributed by atoms with Gasteiger partial charge in [0.15, 0.2) is 0 Å². The minimum absolute atomic E-state index is 0.116. The second-order valence-electron chi connectivity index (χ2n) is 1.71. The Bertz CT molecular complexity index is 315. The Morgan fingerprint density at radius 1 is 1.31 bits per heavy atom. The van der Waals surface area contributed by atoms with Gasteiger partial charge in [0, 0.05) is 12.3 Å². The summed E-state index contributed by atoms with van der Waals surface area (Å²) in [5, 5.41) is 14.8. The summed E-state index contributed by atoms with van der Waals surface area (Å²) in [6, 6.07) is 1.36. The quantitative estimate of drug-likeness (QED) is 0.443. The van der Waals surface area contributed by atoms with Crippen LogP contribution in [-0.4, -0.2) is 32.1 Å². The van der Waals surface area contributed by atoms with Gasteiger partial charge in [-0.2, -0.15) is 0 Å². The Kier molecular flexibility index (Phi) is 4.55. The molecule has 0 spiro atoms. The van der Waals surface area contributed by atoms with Crippen LogP contribution in [0.25, 0.3) is 0 Å². The fraction of sp³-hybridized carbons (Fsp3) is 0. The molecule has 3 N–H and O–H groups in total. The molecule has 0 atom stereocenters. The summed E-state index contributed by atoms with van der Waals surface area (Å²) in [5.41, 5.74) is -0.116. The van der Waals surface area contributed by atoms with Crippen molar-refractivity contribution in [1.29, 1.82) is 0 Å². The predicted octanol–water partition coefficient (Wildman–Crippen LogP) is -1.07. The molecular weight excluding hydrogens is 180 g/mol. The van der Waals surface area contributed by atoms with E-state index in [1.54, 1.807) is 0 Å². The maximum absolute atomic E-state index is 10.2. The van der Waals surface area contributed by atoms with E-state index in [2.05, 4.69) is 9.97 Å².